The number of anilines is 1. The largest absolute Gasteiger partial charge is 0.382 e. The maximum absolute atomic E-state index is 5.91. The lowest BCUT2D eigenvalue weighted by Gasteiger charge is -2.23. The van der Waals surface area contributed by atoms with Crippen molar-refractivity contribution in [3.63, 3.8) is 0 Å². The van der Waals surface area contributed by atoms with E-state index in [1.54, 1.807) is 0 Å². The third-order valence-corrected chi connectivity index (χ3v) is 3.71. The lowest BCUT2D eigenvalue weighted by Crippen LogP contribution is -2.19. The van der Waals surface area contributed by atoms with Crippen molar-refractivity contribution in [3.8, 4) is 0 Å². The molecule has 1 aromatic rings. The van der Waals surface area contributed by atoms with Crippen LogP contribution in [0.2, 0.25) is 0 Å². The Kier molecular flexibility index (Phi) is 2.72. The van der Waals surface area contributed by atoms with Crippen LogP contribution in [0.1, 0.15) is 57.2 Å². The minimum Gasteiger partial charge on any atom is -0.382 e. The van der Waals surface area contributed by atoms with Crippen LogP contribution in [-0.2, 0) is 11.8 Å². The molecule has 0 radical (unpaired) electrons. The second kappa shape index (κ2) is 3.87. The zero-order chi connectivity index (χ0) is 10.9. The Morgan fingerprint density at radius 2 is 2.07 bits per heavy atom. The summed E-state index contributed by atoms with van der Waals surface area (Å²) in [6.45, 7) is 4.53. The fraction of sp³-hybridized carbons (Fsp3) is 0.750. The molecule has 0 spiro atoms. The highest BCUT2D eigenvalue weighted by atomic mass is 15.2. The first-order chi connectivity index (χ1) is 7.17. The zero-order valence-electron chi connectivity index (χ0n) is 9.77. The second-order valence-electron chi connectivity index (χ2n) is 4.98. The van der Waals surface area contributed by atoms with Gasteiger partial charge in [-0.2, -0.15) is 5.10 Å². The van der Waals surface area contributed by atoms with Gasteiger partial charge in [-0.1, -0.05) is 33.1 Å². The van der Waals surface area contributed by atoms with Crippen LogP contribution in [0.25, 0.3) is 0 Å². The van der Waals surface area contributed by atoms with E-state index in [9.17, 15) is 0 Å². The van der Waals surface area contributed by atoms with Crippen molar-refractivity contribution < 1.29 is 0 Å². The highest BCUT2D eigenvalue weighted by Crippen LogP contribution is 2.42. The van der Waals surface area contributed by atoms with Crippen LogP contribution in [0.15, 0.2) is 0 Å². The first-order valence-electron chi connectivity index (χ1n) is 6.00. The number of nitrogen functional groups attached to an aromatic ring is 1. The Labute approximate surface area is 91.4 Å². The van der Waals surface area contributed by atoms with E-state index in [4.69, 9.17) is 5.73 Å². The molecule has 0 atom stereocenters. The molecule has 0 bridgehead atoms. The molecule has 0 aromatic carbocycles. The van der Waals surface area contributed by atoms with Crippen LogP contribution in [0.5, 0.6) is 0 Å². The van der Waals surface area contributed by atoms with Crippen molar-refractivity contribution >= 4 is 5.82 Å². The molecule has 3 N–H and O–H groups in total. The molecule has 0 amide bonds. The normalized spacial score (nSPS) is 19.6. The van der Waals surface area contributed by atoms with Gasteiger partial charge in [0.2, 0.25) is 0 Å². The lowest BCUT2D eigenvalue weighted by atomic mass is 9.82. The van der Waals surface area contributed by atoms with E-state index in [1.165, 1.54) is 36.9 Å². The predicted molar refractivity (Wildman–Crippen MR) is 62.8 cm³/mol. The van der Waals surface area contributed by atoms with Gasteiger partial charge in [0.05, 0.1) is 0 Å². The number of aromatic amines is 1. The van der Waals surface area contributed by atoms with Gasteiger partial charge in [0, 0.05) is 16.7 Å². The number of nitrogens with two attached hydrogens (primary N) is 1. The molecule has 1 saturated carbocycles. The van der Waals surface area contributed by atoms with Gasteiger partial charge in [0.15, 0.2) is 0 Å². The summed E-state index contributed by atoms with van der Waals surface area (Å²) in [5, 5.41) is 7.34. The number of aromatic nitrogens is 2. The standard InChI is InChI=1S/C12H21N3/c1-3-6-9-10(14-15-11(9)13)12(2)7-4-5-8-12/h3-8H2,1-2H3,(H3,13,14,15). The van der Waals surface area contributed by atoms with Gasteiger partial charge < -0.3 is 5.73 Å². The van der Waals surface area contributed by atoms with E-state index in [0.29, 0.717) is 11.2 Å². The lowest BCUT2D eigenvalue weighted by molar-refractivity contribution is 0.470. The van der Waals surface area contributed by atoms with Crippen molar-refractivity contribution in [2.75, 3.05) is 5.73 Å². The van der Waals surface area contributed by atoms with Gasteiger partial charge >= 0.3 is 0 Å². The summed E-state index contributed by atoms with van der Waals surface area (Å²) in [4.78, 5) is 0. The van der Waals surface area contributed by atoms with Gasteiger partial charge in [-0.25, -0.2) is 0 Å². The van der Waals surface area contributed by atoms with E-state index in [1.807, 2.05) is 0 Å². The van der Waals surface area contributed by atoms with E-state index in [0.717, 1.165) is 12.8 Å². The summed E-state index contributed by atoms with van der Waals surface area (Å²) in [5.74, 6) is 0.708. The van der Waals surface area contributed by atoms with Crippen molar-refractivity contribution in [1.82, 2.24) is 10.2 Å². The molecule has 3 heteroatoms. The SMILES string of the molecule is CCCc1c(N)n[nH]c1C1(C)CCCC1. The number of H-pyrrole nitrogens is 1. The average molecular weight is 207 g/mol. The fourth-order valence-electron chi connectivity index (χ4n) is 2.79. The Morgan fingerprint density at radius 3 is 2.67 bits per heavy atom. The second-order valence-corrected chi connectivity index (χ2v) is 4.98. The molecule has 1 aliphatic rings. The highest BCUT2D eigenvalue weighted by molar-refractivity contribution is 5.45. The molecule has 1 heterocycles. The Balaban J connectivity index is 2.34. The smallest absolute Gasteiger partial charge is 0.148 e. The quantitative estimate of drug-likeness (QED) is 0.800. The predicted octanol–water partition coefficient (Wildman–Crippen LogP) is 2.78. The van der Waals surface area contributed by atoms with E-state index in [-0.39, 0.29) is 0 Å². The van der Waals surface area contributed by atoms with Gasteiger partial charge in [0.25, 0.3) is 0 Å². The molecule has 2 rings (SSSR count). The Morgan fingerprint density at radius 1 is 1.40 bits per heavy atom. The van der Waals surface area contributed by atoms with Crippen molar-refractivity contribution in [2.24, 2.45) is 0 Å². The van der Waals surface area contributed by atoms with E-state index >= 15 is 0 Å². The number of nitrogens with one attached hydrogen (secondary N) is 1. The summed E-state index contributed by atoms with van der Waals surface area (Å²) in [7, 11) is 0. The minimum absolute atomic E-state index is 0.301. The zero-order valence-corrected chi connectivity index (χ0v) is 9.77. The van der Waals surface area contributed by atoms with Crippen LogP contribution in [0.4, 0.5) is 5.82 Å². The van der Waals surface area contributed by atoms with Gasteiger partial charge in [0.1, 0.15) is 5.82 Å². The number of nitrogens with zero attached hydrogens (tertiary/aromatic N) is 1. The Bertz CT molecular complexity index is 335. The molecule has 1 fully saturated rings. The van der Waals surface area contributed by atoms with Crippen molar-refractivity contribution in [2.45, 2.75) is 57.8 Å². The molecule has 0 unspecified atom stereocenters. The minimum atomic E-state index is 0.301. The first-order valence-corrected chi connectivity index (χ1v) is 6.00. The van der Waals surface area contributed by atoms with Crippen molar-refractivity contribution in [3.05, 3.63) is 11.3 Å². The first kappa shape index (κ1) is 10.5. The molecule has 3 nitrogen and oxygen atoms in total. The maximum Gasteiger partial charge on any atom is 0.148 e. The van der Waals surface area contributed by atoms with E-state index < -0.39 is 0 Å². The molecular formula is C12H21N3. The third-order valence-electron chi connectivity index (χ3n) is 3.71. The molecule has 15 heavy (non-hydrogen) atoms. The summed E-state index contributed by atoms with van der Waals surface area (Å²) in [6.07, 6.45) is 7.39. The summed E-state index contributed by atoms with van der Waals surface area (Å²) in [6, 6.07) is 0. The highest BCUT2D eigenvalue weighted by Gasteiger charge is 2.34. The van der Waals surface area contributed by atoms with Gasteiger partial charge in [-0.15, -0.1) is 0 Å². The molecule has 1 aromatic heterocycles. The number of rotatable bonds is 3. The molecule has 0 aliphatic heterocycles. The molecule has 1 aliphatic carbocycles. The van der Waals surface area contributed by atoms with Crippen LogP contribution >= 0.6 is 0 Å². The average Bonchev–Trinajstić information content (AvgIpc) is 2.77. The van der Waals surface area contributed by atoms with Gasteiger partial charge in [-0.05, 0) is 19.3 Å². The van der Waals surface area contributed by atoms with Crippen molar-refractivity contribution in [1.29, 1.82) is 0 Å². The van der Waals surface area contributed by atoms with Gasteiger partial charge in [-0.3, -0.25) is 5.10 Å². The van der Waals surface area contributed by atoms with E-state index in [2.05, 4.69) is 24.0 Å². The molecular weight excluding hydrogens is 186 g/mol. The summed E-state index contributed by atoms with van der Waals surface area (Å²) >= 11 is 0. The summed E-state index contributed by atoms with van der Waals surface area (Å²) in [5.41, 5.74) is 8.78. The fourth-order valence-corrected chi connectivity index (χ4v) is 2.79. The number of hydrogen-bond donors (Lipinski definition) is 2. The van der Waals surface area contributed by atoms with Crippen LogP contribution in [-0.4, -0.2) is 10.2 Å². The number of hydrogen-bond acceptors (Lipinski definition) is 2. The van der Waals surface area contributed by atoms with Crippen LogP contribution in [0, 0.1) is 0 Å². The molecule has 84 valence electrons. The third kappa shape index (κ3) is 1.75. The monoisotopic (exact) mass is 207 g/mol. The topological polar surface area (TPSA) is 54.7 Å². The molecule has 0 saturated heterocycles. The Hall–Kier alpha value is -0.990. The summed E-state index contributed by atoms with van der Waals surface area (Å²) < 4.78 is 0. The maximum atomic E-state index is 5.91. The van der Waals surface area contributed by atoms with Crippen LogP contribution < -0.4 is 5.73 Å². The van der Waals surface area contributed by atoms with Crippen LogP contribution in [0.3, 0.4) is 0 Å².